The van der Waals surface area contributed by atoms with Crippen LogP contribution in [-0.2, 0) is 0 Å². The fourth-order valence-corrected chi connectivity index (χ4v) is 3.89. The molecule has 5 nitrogen and oxygen atoms in total. The Morgan fingerprint density at radius 1 is 0.862 bits per heavy atom. The quantitative estimate of drug-likeness (QED) is 0.704. The van der Waals surface area contributed by atoms with Crippen molar-refractivity contribution in [1.82, 2.24) is 9.97 Å². The summed E-state index contributed by atoms with van der Waals surface area (Å²) in [6.07, 6.45) is 1.80. The number of nitrogens with one attached hydrogen (secondary N) is 1. The van der Waals surface area contributed by atoms with E-state index in [9.17, 15) is 4.39 Å². The maximum Gasteiger partial charge on any atom is 0.227 e. The highest BCUT2D eigenvalue weighted by Crippen LogP contribution is 2.26. The number of halogens is 1. The lowest BCUT2D eigenvalue weighted by molar-refractivity contribution is 0.623. The van der Waals surface area contributed by atoms with Gasteiger partial charge in [0, 0.05) is 43.8 Å². The number of aryl methyl sites for hydroxylation is 3. The average molecular weight is 391 g/mol. The van der Waals surface area contributed by atoms with Gasteiger partial charge < -0.3 is 15.1 Å². The standard InChI is InChI=1S/C23H26FN5/c1-16-14-17(2)22(18(3)15-16)26-21-8-9-25-23(27-21)29-12-10-28(11-13-29)20-6-4-19(24)5-7-20/h4-9,14-15H,10-13H2,1-3H3,(H,25,26,27). The van der Waals surface area contributed by atoms with Crippen molar-refractivity contribution in [2.45, 2.75) is 20.8 Å². The molecule has 0 bridgehead atoms. The fourth-order valence-electron chi connectivity index (χ4n) is 3.89. The second kappa shape index (κ2) is 8.07. The van der Waals surface area contributed by atoms with Gasteiger partial charge in [-0.05, 0) is 62.2 Å². The Kier molecular flexibility index (Phi) is 5.34. The van der Waals surface area contributed by atoms with Crippen LogP contribution in [0.2, 0.25) is 0 Å². The second-order valence-corrected chi connectivity index (χ2v) is 7.59. The van der Waals surface area contributed by atoms with E-state index >= 15 is 0 Å². The number of rotatable bonds is 4. The molecule has 0 amide bonds. The SMILES string of the molecule is Cc1cc(C)c(Nc2ccnc(N3CCN(c4ccc(F)cc4)CC3)n2)c(C)c1. The maximum atomic E-state index is 13.2. The van der Waals surface area contributed by atoms with Crippen LogP contribution in [0.3, 0.4) is 0 Å². The first-order chi connectivity index (χ1) is 14.0. The first-order valence-corrected chi connectivity index (χ1v) is 9.93. The minimum absolute atomic E-state index is 0.204. The number of hydrogen-bond acceptors (Lipinski definition) is 5. The molecule has 1 saturated heterocycles. The van der Waals surface area contributed by atoms with Crippen LogP contribution in [0.1, 0.15) is 16.7 Å². The third-order valence-corrected chi connectivity index (χ3v) is 5.33. The van der Waals surface area contributed by atoms with E-state index in [1.165, 1.54) is 28.8 Å². The second-order valence-electron chi connectivity index (χ2n) is 7.59. The van der Waals surface area contributed by atoms with Crippen LogP contribution >= 0.6 is 0 Å². The van der Waals surface area contributed by atoms with E-state index in [4.69, 9.17) is 4.98 Å². The van der Waals surface area contributed by atoms with Gasteiger partial charge >= 0.3 is 0 Å². The summed E-state index contributed by atoms with van der Waals surface area (Å²) < 4.78 is 13.2. The summed E-state index contributed by atoms with van der Waals surface area (Å²) in [7, 11) is 0. The maximum absolute atomic E-state index is 13.2. The van der Waals surface area contributed by atoms with Crippen molar-refractivity contribution >= 4 is 23.1 Å². The highest BCUT2D eigenvalue weighted by atomic mass is 19.1. The lowest BCUT2D eigenvalue weighted by atomic mass is 10.1. The molecule has 0 radical (unpaired) electrons. The molecule has 1 fully saturated rings. The summed E-state index contributed by atoms with van der Waals surface area (Å²) in [5.74, 6) is 1.33. The van der Waals surface area contributed by atoms with Crippen LogP contribution in [0.4, 0.5) is 27.5 Å². The molecular weight excluding hydrogens is 365 g/mol. The predicted octanol–water partition coefficient (Wildman–Crippen LogP) is 4.61. The summed E-state index contributed by atoms with van der Waals surface area (Å²) in [6.45, 7) is 9.68. The van der Waals surface area contributed by atoms with Gasteiger partial charge in [-0.3, -0.25) is 0 Å². The van der Waals surface area contributed by atoms with Crippen molar-refractivity contribution in [3.63, 3.8) is 0 Å². The molecule has 1 aliphatic heterocycles. The van der Waals surface area contributed by atoms with E-state index in [2.05, 4.69) is 53.0 Å². The van der Waals surface area contributed by atoms with Crippen molar-refractivity contribution < 1.29 is 4.39 Å². The molecule has 0 spiro atoms. The molecule has 2 aromatic carbocycles. The Bertz CT molecular complexity index is 971. The van der Waals surface area contributed by atoms with Crippen LogP contribution in [0, 0.1) is 26.6 Å². The Morgan fingerprint density at radius 2 is 1.48 bits per heavy atom. The van der Waals surface area contributed by atoms with Crippen LogP contribution in [0.25, 0.3) is 0 Å². The largest absolute Gasteiger partial charge is 0.368 e. The molecule has 0 unspecified atom stereocenters. The molecule has 0 atom stereocenters. The predicted molar refractivity (Wildman–Crippen MR) is 117 cm³/mol. The molecule has 1 aromatic heterocycles. The van der Waals surface area contributed by atoms with Crippen molar-refractivity contribution in [2.75, 3.05) is 41.3 Å². The summed E-state index contributed by atoms with van der Waals surface area (Å²) >= 11 is 0. The van der Waals surface area contributed by atoms with E-state index in [0.29, 0.717) is 0 Å². The van der Waals surface area contributed by atoms with Crippen LogP contribution in [0.5, 0.6) is 0 Å². The Labute approximate surface area is 171 Å². The highest BCUT2D eigenvalue weighted by molar-refractivity contribution is 5.65. The van der Waals surface area contributed by atoms with E-state index < -0.39 is 0 Å². The van der Waals surface area contributed by atoms with Crippen molar-refractivity contribution in [1.29, 1.82) is 0 Å². The monoisotopic (exact) mass is 391 g/mol. The van der Waals surface area contributed by atoms with Gasteiger partial charge in [0.1, 0.15) is 11.6 Å². The summed E-state index contributed by atoms with van der Waals surface area (Å²) in [5.41, 5.74) is 5.81. The van der Waals surface area contributed by atoms with E-state index in [0.717, 1.165) is 49.3 Å². The summed E-state index contributed by atoms with van der Waals surface area (Å²) in [5, 5.41) is 3.46. The molecule has 6 heteroatoms. The molecule has 3 aromatic rings. The van der Waals surface area contributed by atoms with Gasteiger partial charge in [-0.2, -0.15) is 4.98 Å². The molecule has 1 N–H and O–H groups in total. The molecule has 150 valence electrons. The smallest absolute Gasteiger partial charge is 0.227 e. The third-order valence-electron chi connectivity index (χ3n) is 5.33. The van der Waals surface area contributed by atoms with E-state index in [1.807, 2.05) is 18.2 Å². The zero-order valence-electron chi connectivity index (χ0n) is 17.1. The Balaban J connectivity index is 1.45. The van der Waals surface area contributed by atoms with Gasteiger partial charge in [-0.15, -0.1) is 0 Å². The Morgan fingerprint density at radius 3 is 2.14 bits per heavy atom. The minimum Gasteiger partial charge on any atom is -0.368 e. The summed E-state index contributed by atoms with van der Waals surface area (Å²) in [4.78, 5) is 13.7. The van der Waals surface area contributed by atoms with Gasteiger partial charge in [0.25, 0.3) is 0 Å². The minimum atomic E-state index is -0.204. The van der Waals surface area contributed by atoms with Gasteiger partial charge in [-0.1, -0.05) is 17.7 Å². The number of hydrogen-bond donors (Lipinski definition) is 1. The highest BCUT2D eigenvalue weighted by Gasteiger charge is 2.19. The lowest BCUT2D eigenvalue weighted by Gasteiger charge is -2.36. The number of anilines is 4. The van der Waals surface area contributed by atoms with E-state index in [-0.39, 0.29) is 5.82 Å². The number of nitrogens with zero attached hydrogens (tertiary/aromatic N) is 4. The average Bonchev–Trinajstić information content (AvgIpc) is 2.72. The van der Waals surface area contributed by atoms with Gasteiger partial charge in [0.05, 0.1) is 0 Å². The number of aromatic nitrogens is 2. The molecule has 4 rings (SSSR count). The molecule has 2 heterocycles. The van der Waals surface area contributed by atoms with Crippen molar-refractivity contribution in [3.8, 4) is 0 Å². The molecule has 0 saturated carbocycles. The molecule has 29 heavy (non-hydrogen) atoms. The van der Waals surface area contributed by atoms with Crippen molar-refractivity contribution in [2.24, 2.45) is 0 Å². The van der Waals surface area contributed by atoms with Crippen LogP contribution < -0.4 is 15.1 Å². The van der Waals surface area contributed by atoms with Gasteiger partial charge in [0.15, 0.2) is 0 Å². The summed E-state index contributed by atoms with van der Waals surface area (Å²) in [6, 6.07) is 12.9. The third kappa shape index (κ3) is 4.31. The zero-order valence-corrected chi connectivity index (χ0v) is 17.1. The normalized spacial score (nSPS) is 14.2. The number of benzene rings is 2. The van der Waals surface area contributed by atoms with Gasteiger partial charge in [-0.25, -0.2) is 9.37 Å². The van der Waals surface area contributed by atoms with Crippen LogP contribution in [0.15, 0.2) is 48.7 Å². The van der Waals surface area contributed by atoms with Gasteiger partial charge in [0.2, 0.25) is 5.95 Å². The van der Waals surface area contributed by atoms with Crippen molar-refractivity contribution in [3.05, 3.63) is 71.2 Å². The van der Waals surface area contributed by atoms with Crippen LogP contribution in [-0.4, -0.2) is 36.1 Å². The first-order valence-electron chi connectivity index (χ1n) is 9.93. The number of piperazine rings is 1. The lowest BCUT2D eigenvalue weighted by Crippen LogP contribution is -2.47. The topological polar surface area (TPSA) is 44.3 Å². The molecule has 1 aliphatic rings. The molecular formula is C23H26FN5. The van der Waals surface area contributed by atoms with E-state index in [1.54, 1.807) is 6.20 Å². The Hall–Kier alpha value is -3.15. The fraction of sp³-hybridized carbons (Fsp3) is 0.304. The zero-order chi connectivity index (χ0) is 20.4. The first kappa shape index (κ1) is 19.2. The molecule has 0 aliphatic carbocycles.